The lowest BCUT2D eigenvalue weighted by Gasteiger charge is -2.29. The van der Waals surface area contributed by atoms with E-state index in [2.05, 4.69) is 96.6 Å². The van der Waals surface area contributed by atoms with Crippen molar-refractivity contribution >= 4 is 130 Å². The number of ether oxygens (including phenoxy) is 16. The van der Waals surface area contributed by atoms with E-state index >= 15 is 18.3 Å². The van der Waals surface area contributed by atoms with Gasteiger partial charge in [0.15, 0.2) is 65.5 Å². The number of nitrogens with two attached hydrogens (primary N) is 4. The highest BCUT2D eigenvalue weighted by Crippen LogP contribution is 2.62. The van der Waals surface area contributed by atoms with Crippen molar-refractivity contribution < 1.29 is 159 Å². The lowest BCUT2D eigenvalue weighted by molar-refractivity contribution is -0.0849. The van der Waals surface area contributed by atoms with Crippen molar-refractivity contribution in [3.8, 4) is 0 Å². The highest BCUT2D eigenvalue weighted by Gasteiger charge is 2.59. The van der Waals surface area contributed by atoms with E-state index < -0.39 is 245 Å². The molecule has 6 aliphatic rings. The summed E-state index contributed by atoms with van der Waals surface area (Å²) >= 11 is 13.2. The molecule has 0 spiro atoms. The van der Waals surface area contributed by atoms with Gasteiger partial charge >= 0.3 is 53.1 Å². The number of methoxy groups -OCH3 is 5. The minimum Gasteiger partial charge on any atom is -0.387 e. The normalized spacial score (nSPS) is 29.2. The van der Waals surface area contributed by atoms with E-state index in [1.807, 2.05) is 0 Å². The number of rotatable bonds is 52. The highest BCUT2D eigenvalue weighted by atomic mass is 32.7. The number of hydrogen-bond donors (Lipinski definition) is 12. The molecule has 145 heavy (non-hydrogen) atoms. The number of aromatic amines is 2. The summed E-state index contributed by atoms with van der Waals surface area (Å²) in [7, 11) is -5.05. The van der Waals surface area contributed by atoms with Gasteiger partial charge in [-0.05, 0) is 27.2 Å². The van der Waals surface area contributed by atoms with E-state index in [1.165, 1.54) is 103 Å². The van der Waals surface area contributed by atoms with E-state index in [0.717, 1.165) is 32.4 Å². The molecule has 15 rings (SSSR count). The molecule has 6 fully saturated rings. The second-order valence-electron chi connectivity index (χ2n) is 33.2. The van der Waals surface area contributed by atoms with E-state index in [9.17, 15) is 43.4 Å². The van der Waals surface area contributed by atoms with Crippen LogP contribution in [0.3, 0.4) is 0 Å². The fraction of sp³-hybridized carbons (Fsp3) is 0.645. The average molecular weight is 2210 g/mol. The van der Waals surface area contributed by atoms with Crippen LogP contribution in [-0.4, -0.2) is 341 Å². The zero-order valence-corrected chi connectivity index (χ0v) is 85.7. The van der Waals surface area contributed by atoms with Crippen LogP contribution in [-0.2, 0) is 144 Å². The molecule has 0 radical (unpaired) electrons. The molecule has 6 saturated heterocycles. The number of aliphatic hydroxyl groups is 1. The number of fused-ring (bicyclic) bond motifs is 3. The van der Waals surface area contributed by atoms with Gasteiger partial charge in [-0.15, -0.1) is 0 Å². The van der Waals surface area contributed by atoms with Gasteiger partial charge < -0.3 is 114 Å². The van der Waals surface area contributed by atoms with Crippen LogP contribution in [0.2, 0.25) is 0 Å². The second-order valence-corrected chi connectivity index (χ2v) is 44.6. The summed E-state index contributed by atoms with van der Waals surface area (Å²) in [5, 5.41) is 11.9. The minimum absolute atomic E-state index is 0.0130. The van der Waals surface area contributed by atoms with Gasteiger partial charge in [-0.25, -0.2) is 82.1 Å². The molecule has 10 unspecified atom stereocenters. The van der Waals surface area contributed by atoms with Crippen LogP contribution in [0.1, 0.15) is 73.8 Å². The van der Waals surface area contributed by atoms with E-state index in [-0.39, 0.29) is 134 Å². The quantitative estimate of drug-likeness (QED) is 0.0144. The first-order valence-electron chi connectivity index (χ1n) is 44.4. The molecule has 0 amide bonds. The summed E-state index contributed by atoms with van der Waals surface area (Å²) in [5.74, 6) is -0.236. The van der Waals surface area contributed by atoms with E-state index in [1.54, 1.807) is 11.5 Å². The topological polar surface area (TPSA) is 766 Å². The third-order valence-corrected chi connectivity index (χ3v) is 30.5. The van der Waals surface area contributed by atoms with Crippen molar-refractivity contribution in [1.29, 1.82) is 0 Å². The Kier molecular flexibility index (Phi) is 37.0. The number of aromatic nitrogens is 18. The number of nitrogens with one attached hydrogen (secondary N) is 2. The Labute approximate surface area is 835 Å². The molecule has 28 atom stereocenters. The number of nitrogen functional groups attached to an aromatic ring is 4. The largest absolute Gasteiger partial charge is 0.472 e. The van der Waals surface area contributed by atoms with Gasteiger partial charge in [0.1, 0.15) is 139 Å². The Bertz CT molecular complexity index is 6580. The molecule has 800 valence electrons. The summed E-state index contributed by atoms with van der Waals surface area (Å²) < 4.78 is 240. The number of anilines is 4. The lowest BCUT2D eigenvalue weighted by Crippen LogP contribution is -2.42. The summed E-state index contributed by atoms with van der Waals surface area (Å²) in [6.07, 6.45) is -25.5. The third kappa shape index (κ3) is 26.0. The predicted molar refractivity (Wildman–Crippen MR) is 505 cm³/mol. The molecular weight excluding hydrogens is 2100 g/mol. The Morgan fingerprint density at radius 2 is 0.710 bits per heavy atom. The van der Waals surface area contributed by atoms with Crippen molar-refractivity contribution in [3.05, 3.63) is 125 Å². The number of nitrogens with zero attached hydrogens (tertiary/aromatic N) is 16. The van der Waals surface area contributed by atoms with Crippen molar-refractivity contribution in [2.75, 3.05) is 158 Å². The average Bonchev–Trinajstić information content (AvgIpc) is 1.61. The molecule has 0 aromatic carbocycles. The minimum atomic E-state index is -5.93. The number of thiol groups is 3. The molecule has 0 bridgehead atoms. The molecule has 6 aliphatic heterocycles. The maximum atomic E-state index is 15.7. The molecule has 61 nitrogen and oxygen atoms in total. The summed E-state index contributed by atoms with van der Waals surface area (Å²) in [6.45, 7) is -16.0. The van der Waals surface area contributed by atoms with Gasteiger partial charge in [-0.2, -0.15) is 4.98 Å². The van der Waals surface area contributed by atoms with Crippen molar-refractivity contribution in [2.24, 2.45) is 0 Å². The van der Waals surface area contributed by atoms with Gasteiger partial charge in [-0.1, -0.05) is 43.7 Å². The molecular formula is C76H109N22O39P5S3. The van der Waals surface area contributed by atoms with Crippen molar-refractivity contribution in [1.82, 2.24) is 87.2 Å². The third-order valence-electron chi connectivity index (χ3n) is 23.6. The van der Waals surface area contributed by atoms with Gasteiger partial charge in [-0.3, -0.25) is 92.2 Å². The molecule has 9 aromatic rings. The highest BCUT2D eigenvalue weighted by molar-refractivity contribution is 8.45. The summed E-state index contributed by atoms with van der Waals surface area (Å²) in [6, 6.07) is 0. The number of phosphoric ester groups is 2. The molecule has 15 heterocycles. The second kappa shape index (κ2) is 48.2. The molecule has 0 saturated carbocycles. The van der Waals surface area contributed by atoms with Crippen LogP contribution >= 0.6 is 72.8 Å². The lowest BCUT2D eigenvalue weighted by atomic mass is 10.1. The predicted octanol–water partition coefficient (Wildman–Crippen LogP) is 1.14. The first kappa shape index (κ1) is 111. The zero-order chi connectivity index (χ0) is 104. The van der Waals surface area contributed by atoms with Crippen molar-refractivity contribution in [3.63, 3.8) is 0 Å². The standard InChI is InChI=1S/C76H109N22O39P5S3/c1-10-39-40(21-46(127-39)96-33-87-47-61(78)81-30-84-64(47)96)133-140(109,143)125-28-44-52(57(119-18-13-114-7)71(130-44)94-23-37(3)67(100)91-75(94)103)135-138(105,106)122-26-42-51(56(118-17-12-113-6)70(129-42)93-22-36(2)60(77)90-74(93)102)134-139(107,108)123-27-43-53(59(121-20-15-116-9)73(132-43)98-35-89-49-63(80)83-32-86-66(49)98)136-142(111,145)126-29-45-54(58(120-19-14-115-8)72(131-45)95-24-38(4)68(101)92-76(95)104)137-141(110,144)124-25-41-50(99)55(117-16-11-112-5)69(128-41)97-34-88-48-62(79)82-31-85-65(48)97/h22-24,30-35,39-46,50-59,69-73,99H,10-21,25-29H2,1-9H3,(H,105,106)(H,107,108)(H,109,143)(H,110,144)(H,111,145)(H2,77,90,102)(H2,78,81,84)(H2,79,82,85)(H2,80,83,86)(H,91,100,103)(H,92,101,104)/t39-,40-,41-,42-,43-,44-,45-,46-,50+,51+,52+,53+,54+,55?,56?,57?,58?,59?,69-,70-,71-,72-,73-,140?,141?,142?/m1/s1. The number of imidazole rings is 3. The maximum absolute atomic E-state index is 15.7. The van der Waals surface area contributed by atoms with Crippen LogP contribution in [0.4, 0.5) is 23.3 Å². The van der Waals surface area contributed by atoms with Crippen LogP contribution < -0.4 is 51.1 Å². The van der Waals surface area contributed by atoms with Crippen LogP contribution in [0.5, 0.6) is 0 Å². The number of aliphatic hydroxyl groups excluding tert-OH is 1. The number of H-pyrrole nitrogens is 2. The Hall–Kier alpha value is -7.87. The van der Waals surface area contributed by atoms with Gasteiger partial charge in [0.25, 0.3) is 11.1 Å². The fourth-order valence-corrected chi connectivity index (χ4v) is 23.1. The molecule has 9 aromatic heterocycles. The number of phosphoric acid groups is 2. The number of aryl methyl sites for hydroxylation is 3. The van der Waals surface area contributed by atoms with Crippen LogP contribution in [0.15, 0.2) is 80.5 Å². The first-order chi connectivity index (χ1) is 69.2. The smallest absolute Gasteiger partial charge is 0.387 e. The van der Waals surface area contributed by atoms with Gasteiger partial charge in [0.05, 0.1) is 130 Å². The first-order valence-corrected chi connectivity index (χ1v) is 55.5. The molecule has 13 N–H and O–H groups in total. The summed E-state index contributed by atoms with van der Waals surface area (Å²) in [5.41, 5.74) is 20.9. The van der Waals surface area contributed by atoms with Gasteiger partial charge in [0.2, 0.25) is 0 Å². The summed E-state index contributed by atoms with van der Waals surface area (Å²) in [4.78, 5) is 139. The Morgan fingerprint density at radius 3 is 1.10 bits per heavy atom. The molecule has 0 aliphatic carbocycles. The molecule has 69 heteroatoms. The maximum Gasteiger partial charge on any atom is 0.472 e. The Morgan fingerprint density at radius 1 is 0.386 bits per heavy atom. The zero-order valence-electron chi connectivity index (χ0n) is 78.6. The number of hydrogen-bond acceptors (Lipinski definition) is 51. The SMILES string of the molecule is CC[C@H]1O[C@@H](n2cnc3c(N)ncnc32)C[C@H]1OP(=O)(S)OC[C@H]1O[C@@H](n2cc(C)c(=O)[nH]c2=O)C(OCCOC)[C@H]1OP(=O)(O)OC[C@H]1O[C@@H](n2cc(C)c(N)nc2=O)C(OCCOC)[C@H]1OP(=O)(O)OC[C@H]1O[C@@H](n2cnc3c(N)ncnc32)C(OCCOC)[C@H]1OP(=O)(S)OC[C@H]1O[C@@H](n2cc(C)c(=O)[nH]c2=O)C(OCCOC)[C@H]1OP(=O)(S)OC[C@H]1O[C@@H](n2cnc3c(N)ncnc32)C(OCCOC)[C@H]1O. The van der Waals surface area contributed by atoms with E-state index in [4.69, 9.17) is 144 Å². The Balaban J connectivity index is 0.715. The monoisotopic (exact) mass is 2200 g/mol. The van der Waals surface area contributed by atoms with Crippen molar-refractivity contribution in [2.45, 2.75) is 182 Å². The van der Waals surface area contributed by atoms with E-state index in [0.29, 0.717) is 12.1 Å². The van der Waals surface area contributed by atoms with Crippen LogP contribution in [0.25, 0.3) is 33.5 Å². The van der Waals surface area contributed by atoms with Gasteiger partial charge in [0, 0.05) is 77.3 Å². The fourth-order valence-electron chi connectivity index (χ4n) is 16.7. The van der Waals surface area contributed by atoms with Crippen LogP contribution in [0, 0.1) is 20.8 Å².